The van der Waals surface area contributed by atoms with Crippen molar-refractivity contribution in [2.75, 3.05) is 12.3 Å². The van der Waals surface area contributed by atoms with Crippen molar-refractivity contribution in [3.63, 3.8) is 0 Å². The molecule has 2 N–H and O–H groups in total. The molecule has 1 fully saturated rings. The Hall–Kier alpha value is -0.480. The van der Waals surface area contributed by atoms with Gasteiger partial charge in [-0.3, -0.25) is 4.68 Å². The molecule has 1 saturated heterocycles. The first-order valence-corrected chi connectivity index (χ1v) is 6.72. The molecule has 0 amide bonds. The molecule has 1 aromatic heterocycles. The SMILES string of the molecule is Cc1c(CCCN)cnn1C1CCCS1. The zero-order valence-electron chi connectivity index (χ0n) is 9.28. The zero-order chi connectivity index (χ0) is 10.7. The van der Waals surface area contributed by atoms with Crippen molar-refractivity contribution in [1.82, 2.24) is 9.78 Å². The minimum absolute atomic E-state index is 0.580. The second kappa shape index (κ2) is 5.03. The second-order valence-corrected chi connectivity index (χ2v) is 5.35. The van der Waals surface area contributed by atoms with Crippen molar-refractivity contribution < 1.29 is 0 Å². The Balaban J connectivity index is 2.08. The first kappa shape index (κ1) is 11.0. The van der Waals surface area contributed by atoms with E-state index in [1.807, 2.05) is 18.0 Å². The number of nitrogens with zero attached hydrogens (tertiary/aromatic N) is 2. The van der Waals surface area contributed by atoms with E-state index in [9.17, 15) is 0 Å². The van der Waals surface area contributed by atoms with Gasteiger partial charge < -0.3 is 5.73 Å². The lowest BCUT2D eigenvalue weighted by Crippen LogP contribution is -2.06. The molecule has 84 valence electrons. The maximum atomic E-state index is 5.52. The fourth-order valence-corrected chi connectivity index (χ4v) is 3.33. The van der Waals surface area contributed by atoms with Gasteiger partial charge in [0.15, 0.2) is 0 Å². The molecule has 3 nitrogen and oxygen atoms in total. The lowest BCUT2D eigenvalue weighted by molar-refractivity contribution is 0.563. The van der Waals surface area contributed by atoms with Crippen LogP contribution >= 0.6 is 11.8 Å². The molecule has 0 saturated carbocycles. The number of aromatic nitrogens is 2. The van der Waals surface area contributed by atoms with Gasteiger partial charge in [-0.15, -0.1) is 11.8 Å². The highest BCUT2D eigenvalue weighted by molar-refractivity contribution is 7.99. The van der Waals surface area contributed by atoms with Crippen LogP contribution in [-0.4, -0.2) is 22.1 Å². The van der Waals surface area contributed by atoms with Gasteiger partial charge in [-0.2, -0.15) is 5.10 Å². The molecule has 15 heavy (non-hydrogen) atoms. The van der Waals surface area contributed by atoms with Gasteiger partial charge in [0.2, 0.25) is 0 Å². The molecular formula is C11H19N3S. The predicted octanol–water partition coefficient (Wildman–Crippen LogP) is 2.11. The largest absolute Gasteiger partial charge is 0.330 e. The fraction of sp³-hybridized carbons (Fsp3) is 0.727. The van der Waals surface area contributed by atoms with Gasteiger partial charge in [-0.25, -0.2) is 0 Å². The summed E-state index contributed by atoms with van der Waals surface area (Å²) in [4.78, 5) is 0. The van der Waals surface area contributed by atoms with Gasteiger partial charge in [-0.05, 0) is 50.5 Å². The molecule has 1 atom stereocenters. The van der Waals surface area contributed by atoms with E-state index in [1.165, 1.54) is 29.9 Å². The molecule has 1 aliphatic rings. The minimum Gasteiger partial charge on any atom is -0.330 e. The van der Waals surface area contributed by atoms with Crippen LogP contribution in [-0.2, 0) is 6.42 Å². The Kier molecular flexibility index (Phi) is 3.70. The maximum absolute atomic E-state index is 5.52. The van der Waals surface area contributed by atoms with Crippen LogP contribution in [0.3, 0.4) is 0 Å². The molecule has 0 aliphatic carbocycles. The highest BCUT2D eigenvalue weighted by Crippen LogP contribution is 2.36. The lowest BCUT2D eigenvalue weighted by atomic mass is 10.1. The standard InChI is InChI=1S/C11H19N3S/c1-9-10(4-2-6-12)8-13-14(9)11-5-3-7-15-11/h8,11H,2-7,12H2,1H3. The number of aryl methyl sites for hydroxylation is 1. The third kappa shape index (κ3) is 2.37. The lowest BCUT2D eigenvalue weighted by Gasteiger charge is -2.11. The molecule has 1 aliphatic heterocycles. The first-order chi connectivity index (χ1) is 7.33. The summed E-state index contributed by atoms with van der Waals surface area (Å²) in [5, 5.41) is 5.09. The van der Waals surface area contributed by atoms with Crippen molar-refractivity contribution in [2.24, 2.45) is 5.73 Å². The Bertz CT molecular complexity index is 316. The van der Waals surface area contributed by atoms with Gasteiger partial charge >= 0.3 is 0 Å². The van der Waals surface area contributed by atoms with Crippen molar-refractivity contribution in [3.8, 4) is 0 Å². The minimum atomic E-state index is 0.580. The Labute approximate surface area is 95.4 Å². The van der Waals surface area contributed by atoms with E-state index in [4.69, 9.17) is 5.73 Å². The first-order valence-electron chi connectivity index (χ1n) is 5.67. The van der Waals surface area contributed by atoms with Crippen LogP contribution in [0.25, 0.3) is 0 Å². The Morgan fingerprint density at radius 1 is 1.67 bits per heavy atom. The topological polar surface area (TPSA) is 43.8 Å². The van der Waals surface area contributed by atoms with Crippen molar-refractivity contribution in [2.45, 2.75) is 38.0 Å². The second-order valence-electron chi connectivity index (χ2n) is 4.06. The molecule has 2 rings (SSSR count). The normalized spacial score (nSPS) is 21.1. The number of rotatable bonds is 4. The molecular weight excluding hydrogens is 206 g/mol. The van der Waals surface area contributed by atoms with Crippen molar-refractivity contribution in [1.29, 1.82) is 0 Å². The van der Waals surface area contributed by atoms with Gasteiger partial charge in [0, 0.05) is 5.69 Å². The molecule has 1 unspecified atom stereocenters. The summed E-state index contributed by atoms with van der Waals surface area (Å²) in [5.41, 5.74) is 8.23. The number of hydrogen-bond donors (Lipinski definition) is 1. The van der Waals surface area contributed by atoms with E-state index in [0.29, 0.717) is 5.37 Å². The highest BCUT2D eigenvalue weighted by Gasteiger charge is 2.20. The maximum Gasteiger partial charge on any atom is 0.0974 e. The van der Waals surface area contributed by atoms with Gasteiger partial charge in [0.1, 0.15) is 0 Å². The number of thioether (sulfide) groups is 1. The van der Waals surface area contributed by atoms with E-state index in [0.717, 1.165) is 19.4 Å². The Morgan fingerprint density at radius 3 is 3.20 bits per heavy atom. The summed E-state index contributed by atoms with van der Waals surface area (Å²) in [5.74, 6) is 1.28. The summed E-state index contributed by atoms with van der Waals surface area (Å²) in [6.45, 7) is 2.94. The average molecular weight is 225 g/mol. The predicted molar refractivity (Wildman–Crippen MR) is 65.1 cm³/mol. The van der Waals surface area contributed by atoms with Crippen LogP contribution in [0.2, 0.25) is 0 Å². The molecule has 2 heterocycles. The molecule has 4 heteroatoms. The van der Waals surface area contributed by atoms with E-state index < -0.39 is 0 Å². The molecule has 0 aromatic carbocycles. The molecule has 0 radical (unpaired) electrons. The van der Waals surface area contributed by atoms with Crippen LogP contribution in [0.5, 0.6) is 0 Å². The zero-order valence-corrected chi connectivity index (χ0v) is 10.1. The number of nitrogens with two attached hydrogens (primary N) is 1. The fourth-order valence-electron chi connectivity index (χ4n) is 2.04. The summed E-state index contributed by atoms with van der Waals surface area (Å²) in [7, 11) is 0. The van der Waals surface area contributed by atoms with Crippen LogP contribution in [0, 0.1) is 6.92 Å². The van der Waals surface area contributed by atoms with Crippen LogP contribution in [0.4, 0.5) is 0 Å². The van der Waals surface area contributed by atoms with Gasteiger partial charge in [0.25, 0.3) is 0 Å². The van der Waals surface area contributed by atoms with E-state index in [1.54, 1.807) is 0 Å². The third-order valence-electron chi connectivity index (χ3n) is 2.98. The number of hydrogen-bond acceptors (Lipinski definition) is 3. The van der Waals surface area contributed by atoms with Crippen molar-refractivity contribution in [3.05, 3.63) is 17.5 Å². The third-order valence-corrected chi connectivity index (χ3v) is 4.32. The van der Waals surface area contributed by atoms with Crippen LogP contribution < -0.4 is 5.73 Å². The summed E-state index contributed by atoms with van der Waals surface area (Å²) in [6, 6.07) is 0. The van der Waals surface area contributed by atoms with Crippen LogP contribution in [0.15, 0.2) is 6.20 Å². The van der Waals surface area contributed by atoms with Crippen molar-refractivity contribution >= 4 is 11.8 Å². The molecule has 0 spiro atoms. The van der Waals surface area contributed by atoms with Gasteiger partial charge in [-0.1, -0.05) is 0 Å². The van der Waals surface area contributed by atoms with Crippen LogP contribution in [0.1, 0.15) is 35.9 Å². The quantitative estimate of drug-likeness (QED) is 0.853. The molecule has 0 bridgehead atoms. The van der Waals surface area contributed by atoms with Gasteiger partial charge in [0.05, 0.1) is 11.6 Å². The van der Waals surface area contributed by atoms with E-state index >= 15 is 0 Å². The van der Waals surface area contributed by atoms with E-state index in [2.05, 4.69) is 16.7 Å². The summed E-state index contributed by atoms with van der Waals surface area (Å²) >= 11 is 2.02. The van der Waals surface area contributed by atoms with E-state index in [-0.39, 0.29) is 0 Å². The monoisotopic (exact) mass is 225 g/mol. The summed E-state index contributed by atoms with van der Waals surface area (Å²) < 4.78 is 2.20. The molecule has 1 aromatic rings. The summed E-state index contributed by atoms with van der Waals surface area (Å²) in [6.07, 6.45) is 6.74. The highest BCUT2D eigenvalue weighted by atomic mass is 32.2. The smallest absolute Gasteiger partial charge is 0.0974 e. The average Bonchev–Trinajstić information content (AvgIpc) is 2.84. The Morgan fingerprint density at radius 2 is 2.53 bits per heavy atom.